The number of Topliss-reactive ketones (excluding diaryl/α,β-unsaturated/α-hetero) is 2. The van der Waals surface area contributed by atoms with Crippen LogP contribution in [0.4, 0.5) is 18.0 Å². The maximum atomic E-state index is 13.0. The standard InChI is InChI=1S/C23H27ClF3NO6/c1-14(2)15(12-19(30)23(25,26)27)20(31)33-13-34-21(32)28(3)22(11-7-6-10-18(22)29)16-8-4-5-9-17(16)24/h4-5,8-9,14-15H,6-7,10-13H2,1-3H3/t15-,22-/m0/s1. The lowest BCUT2D eigenvalue weighted by molar-refractivity contribution is -0.176. The van der Waals surface area contributed by atoms with E-state index in [9.17, 15) is 32.3 Å². The molecule has 2 atom stereocenters. The number of carbonyl (C=O) groups excluding carboxylic acids is 4. The lowest BCUT2D eigenvalue weighted by Crippen LogP contribution is -2.54. The van der Waals surface area contributed by atoms with Crippen LogP contribution in [-0.4, -0.2) is 48.5 Å². The zero-order chi connectivity index (χ0) is 25.7. The van der Waals surface area contributed by atoms with Gasteiger partial charge >= 0.3 is 18.2 Å². The maximum Gasteiger partial charge on any atom is 0.449 e. The molecule has 1 fully saturated rings. The van der Waals surface area contributed by atoms with Crippen molar-refractivity contribution in [2.75, 3.05) is 13.8 Å². The van der Waals surface area contributed by atoms with Crippen LogP contribution in [0.3, 0.4) is 0 Å². The predicted octanol–water partition coefficient (Wildman–Crippen LogP) is 5.04. The number of nitrogens with zero attached hydrogens (tertiary/aromatic N) is 1. The Morgan fingerprint density at radius 2 is 1.79 bits per heavy atom. The van der Waals surface area contributed by atoms with Crippen molar-refractivity contribution in [3.05, 3.63) is 34.9 Å². The molecule has 0 spiro atoms. The first-order chi connectivity index (χ1) is 15.8. The van der Waals surface area contributed by atoms with Crippen LogP contribution in [0.15, 0.2) is 24.3 Å². The van der Waals surface area contributed by atoms with Gasteiger partial charge in [0.1, 0.15) is 5.54 Å². The summed E-state index contributed by atoms with van der Waals surface area (Å²) in [7, 11) is 1.37. The first-order valence-electron chi connectivity index (χ1n) is 10.8. The fourth-order valence-corrected chi connectivity index (χ4v) is 4.33. The topological polar surface area (TPSA) is 90.0 Å². The molecule has 7 nitrogen and oxygen atoms in total. The average Bonchev–Trinajstić information content (AvgIpc) is 2.76. The third kappa shape index (κ3) is 6.08. The van der Waals surface area contributed by atoms with Crippen molar-refractivity contribution in [3.63, 3.8) is 0 Å². The smallest absolute Gasteiger partial charge is 0.428 e. The monoisotopic (exact) mass is 505 g/mol. The number of benzene rings is 1. The first kappa shape index (κ1) is 27.6. The number of alkyl halides is 3. The molecule has 0 aliphatic heterocycles. The molecule has 0 heterocycles. The molecule has 2 rings (SSSR count). The summed E-state index contributed by atoms with van der Waals surface area (Å²) in [6, 6.07) is 6.65. The van der Waals surface area contributed by atoms with Crippen LogP contribution in [0.5, 0.6) is 0 Å². The Kier molecular flexibility index (Phi) is 9.10. The van der Waals surface area contributed by atoms with Gasteiger partial charge in [0.2, 0.25) is 12.6 Å². The van der Waals surface area contributed by atoms with Crippen molar-refractivity contribution in [3.8, 4) is 0 Å². The van der Waals surface area contributed by atoms with Crippen LogP contribution in [0, 0.1) is 11.8 Å². The second-order valence-corrected chi connectivity index (χ2v) is 8.90. The van der Waals surface area contributed by atoms with Gasteiger partial charge in [0, 0.05) is 30.5 Å². The minimum atomic E-state index is -5.07. The molecule has 0 radical (unpaired) electrons. The molecule has 0 unspecified atom stereocenters. The van der Waals surface area contributed by atoms with Crippen molar-refractivity contribution >= 4 is 35.2 Å². The van der Waals surface area contributed by atoms with Crippen LogP contribution in [0.25, 0.3) is 0 Å². The van der Waals surface area contributed by atoms with Crippen LogP contribution >= 0.6 is 11.6 Å². The van der Waals surface area contributed by atoms with E-state index < -0.39 is 54.6 Å². The normalized spacial score (nSPS) is 19.5. The molecular formula is C23H27ClF3NO6. The van der Waals surface area contributed by atoms with E-state index in [0.29, 0.717) is 29.8 Å². The van der Waals surface area contributed by atoms with E-state index in [0.717, 1.165) is 4.90 Å². The van der Waals surface area contributed by atoms with Gasteiger partial charge in [-0.05, 0) is 31.2 Å². The minimum absolute atomic E-state index is 0.214. The molecule has 188 valence electrons. The highest BCUT2D eigenvalue weighted by molar-refractivity contribution is 6.31. The number of ketones is 2. The molecule has 0 aromatic heterocycles. The fourth-order valence-electron chi connectivity index (χ4n) is 4.03. The van der Waals surface area contributed by atoms with Gasteiger partial charge in [-0.3, -0.25) is 19.3 Å². The summed E-state index contributed by atoms with van der Waals surface area (Å²) in [5.74, 6) is -5.34. The zero-order valence-electron chi connectivity index (χ0n) is 19.1. The molecule has 1 amide bonds. The lowest BCUT2D eigenvalue weighted by Gasteiger charge is -2.43. The Morgan fingerprint density at radius 1 is 1.15 bits per heavy atom. The van der Waals surface area contributed by atoms with E-state index in [1.165, 1.54) is 20.9 Å². The maximum absolute atomic E-state index is 13.0. The summed E-state index contributed by atoms with van der Waals surface area (Å²) in [6.07, 6.45) is -5.24. The van der Waals surface area contributed by atoms with Crippen molar-refractivity contribution in [2.24, 2.45) is 11.8 Å². The van der Waals surface area contributed by atoms with E-state index >= 15 is 0 Å². The van der Waals surface area contributed by atoms with Gasteiger partial charge in [-0.1, -0.05) is 43.6 Å². The molecule has 0 saturated heterocycles. The second-order valence-electron chi connectivity index (χ2n) is 8.50. The van der Waals surface area contributed by atoms with Crippen molar-refractivity contribution < 1.29 is 41.8 Å². The van der Waals surface area contributed by atoms with Gasteiger partial charge in [0.05, 0.1) is 5.92 Å². The SMILES string of the molecule is CC(C)[C@H](CC(=O)C(F)(F)F)C(=O)OCOC(=O)N(C)[C@]1(c2ccccc2Cl)CCCCC1=O. The molecule has 1 aliphatic rings. The predicted molar refractivity (Wildman–Crippen MR) is 116 cm³/mol. The van der Waals surface area contributed by atoms with Gasteiger partial charge in [0.25, 0.3) is 0 Å². The van der Waals surface area contributed by atoms with E-state index in [4.69, 9.17) is 21.1 Å². The van der Waals surface area contributed by atoms with Gasteiger partial charge in [0.15, 0.2) is 5.78 Å². The molecular weight excluding hydrogens is 479 g/mol. The highest BCUT2D eigenvalue weighted by atomic mass is 35.5. The Bertz CT molecular complexity index is 936. The Morgan fingerprint density at radius 3 is 2.35 bits per heavy atom. The van der Waals surface area contributed by atoms with Crippen LogP contribution in [0.2, 0.25) is 5.02 Å². The largest absolute Gasteiger partial charge is 0.449 e. The molecule has 0 bridgehead atoms. The Labute approximate surface area is 200 Å². The third-order valence-corrected chi connectivity index (χ3v) is 6.36. The molecule has 1 aromatic carbocycles. The molecule has 1 aromatic rings. The zero-order valence-corrected chi connectivity index (χ0v) is 19.9. The van der Waals surface area contributed by atoms with Gasteiger partial charge < -0.3 is 9.47 Å². The van der Waals surface area contributed by atoms with Gasteiger partial charge in [-0.25, -0.2) is 4.79 Å². The van der Waals surface area contributed by atoms with Crippen molar-refractivity contribution in [1.29, 1.82) is 0 Å². The van der Waals surface area contributed by atoms with Crippen molar-refractivity contribution in [2.45, 2.75) is 57.7 Å². The van der Waals surface area contributed by atoms with Crippen LogP contribution in [-0.2, 0) is 29.4 Å². The highest BCUT2D eigenvalue weighted by Gasteiger charge is 2.48. The Balaban J connectivity index is 2.10. The van der Waals surface area contributed by atoms with Crippen molar-refractivity contribution in [1.82, 2.24) is 4.90 Å². The summed E-state index contributed by atoms with van der Waals surface area (Å²) in [4.78, 5) is 50.5. The minimum Gasteiger partial charge on any atom is -0.428 e. The summed E-state index contributed by atoms with van der Waals surface area (Å²) >= 11 is 6.34. The third-order valence-electron chi connectivity index (χ3n) is 6.03. The summed E-state index contributed by atoms with van der Waals surface area (Å²) in [5, 5.41) is 0.304. The molecule has 0 N–H and O–H groups in total. The Hall–Kier alpha value is -2.62. The number of halogens is 4. The van der Waals surface area contributed by atoms with Crippen LogP contribution in [0.1, 0.15) is 51.5 Å². The fraction of sp³-hybridized carbons (Fsp3) is 0.565. The molecule has 11 heteroatoms. The van der Waals surface area contributed by atoms with Gasteiger partial charge in [-0.2, -0.15) is 13.2 Å². The van der Waals surface area contributed by atoms with Gasteiger partial charge in [-0.15, -0.1) is 0 Å². The quantitative estimate of drug-likeness (QED) is 0.363. The first-order valence-corrected chi connectivity index (χ1v) is 11.2. The number of hydrogen-bond donors (Lipinski definition) is 0. The number of carbonyl (C=O) groups is 4. The molecule has 1 saturated carbocycles. The summed E-state index contributed by atoms with van der Waals surface area (Å²) < 4.78 is 47.6. The van der Waals surface area contributed by atoms with E-state index in [-0.39, 0.29) is 12.2 Å². The number of esters is 1. The second kappa shape index (κ2) is 11.2. The number of rotatable bonds is 8. The number of ether oxygens (including phenoxy) is 2. The average molecular weight is 506 g/mol. The lowest BCUT2D eigenvalue weighted by atomic mass is 9.74. The van der Waals surface area contributed by atoms with E-state index in [1.807, 2.05) is 0 Å². The summed E-state index contributed by atoms with van der Waals surface area (Å²) in [5.41, 5.74) is -0.916. The molecule has 1 aliphatic carbocycles. The van der Waals surface area contributed by atoms with Crippen LogP contribution < -0.4 is 0 Å². The number of hydrogen-bond acceptors (Lipinski definition) is 6. The number of amides is 1. The number of likely N-dealkylation sites (N-methyl/N-ethyl adjacent to an activating group) is 1. The highest BCUT2D eigenvalue weighted by Crippen LogP contribution is 2.42. The summed E-state index contributed by atoms with van der Waals surface area (Å²) in [6.45, 7) is 2.05. The van der Waals surface area contributed by atoms with E-state index in [1.54, 1.807) is 24.3 Å². The molecule has 34 heavy (non-hydrogen) atoms. The van der Waals surface area contributed by atoms with E-state index in [2.05, 4.69) is 0 Å².